The van der Waals surface area contributed by atoms with Crippen molar-refractivity contribution < 1.29 is 0 Å². The molecule has 0 aromatic heterocycles. The van der Waals surface area contributed by atoms with E-state index in [-0.39, 0.29) is 0 Å². The van der Waals surface area contributed by atoms with Gasteiger partial charge >= 0.3 is 0 Å². The molecule has 2 heteroatoms. The zero-order valence-electron chi connectivity index (χ0n) is 8.67. The highest BCUT2D eigenvalue weighted by Crippen LogP contribution is 2.37. The molecule has 2 atom stereocenters. The molecule has 3 heterocycles. The molecule has 3 rings (SSSR count). The molecule has 3 saturated heterocycles. The Hall–Kier alpha value is -0.0800. The summed E-state index contributed by atoms with van der Waals surface area (Å²) in [6.07, 6.45) is 1.43. The summed E-state index contributed by atoms with van der Waals surface area (Å²) in [5.41, 5.74) is 0.384. The molecule has 0 N–H and O–H groups in total. The summed E-state index contributed by atoms with van der Waals surface area (Å²) in [6.45, 7) is 9.54. The van der Waals surface area contributed by atoms with Crippen LogP contribution in [0, 0.1) is 0 Å². The third-order valence-electron chi connectivity index (χ3n) is 3.15. The van der Waals surface area contributed by atoms with E-state index in [0.717, 1.165) is 12.1 Å². The predicted octanol–water partition coefficient (Wildman–Crippen LogP) is 1.17. The maximum atomic E-state index is 2.69. The first-order valence-corrected chi connectivity index (χ1v) is 4.95. The van der Waals surface area contributed by atoms with Crippen LogP contribution in [-0.4, -0.2) is 47.6 Å². The maximum absolute atomic E-state index is 2.69. The molecule has 0 aromatic carbocycles. The maximum Gasteiger partial charge on any atom is 0.0247 e. The highest BCUT2D eigenvalue weighted by atomic mass is 15.4. The van der Waals surface area contributed by atoms with Crippen LogP contribution in [0.2, 0.25) is 0 Å². The van der Waals surface area contributed by atoms with Gasteiger partial charge in [0, 0.05) is 30.7 Å². The van der Waals surface area contributed by atoms with E-state index in [0.29, 0.717) is 5.54 Å². The first kappa shape index (κ1) is 8.52. The number of hydrogen-bond donors (Lipinski definition) is 0. The number of nitrogens with zero attached hydrogens (tertiary/aromatic N) is 2. The van der Waals surface area contributed by atoms with Gasteiger partial charge in [-0.2, -0.15) is 0 Å². The summed E-state index contributed by atoms with van der Waals surface area (Å²) in [6, 6.07) is 1.68. The molecular weight excluding hydrogens is 148 g/mol. The minimum Gasteiger partial charge on any atom is -0.303 e. The molecule has 0 spiro atoms. The van der Waals surface area contributed by atoms with E-state index in [1.54, 1.807) is 0 Å². The fourth-order valence-corrected chi connectivity index (χ4v) is 2.92. The summed E-state index contributed by atoms with van der Waals surface area (Å²) in [7, 11) is 2.24. The van der Waals surface area contributed by atoms with Gasteiger partial charge in [0.1, 0.15) is 0 Å². The van der Waals surface area contributed by atoms with Crippen molar-refractivity contribution in [3.8, 4) is 0 Å². The Morgan fingerprint density at radius 3 is 2.00 bits per heavy atom. The Labute approximate surface area is 75.5 Å². The Morgan fingerprint density at radius 1 is 1.08 bits per heavy atom. The second-order valence-corrected chi connectivity index (χ2v) is 5.34. The van der Waals surface area contributed by atoms with Crippen LogP contribution in [0.15, 0.2) is 0 Å². The van der Waals surface area contributed by atoms with E-state index in [2.05, 4.69) is 37.6 Å². The normalized spacial score (nSPS) is 38.0. The van der Waals surface area contributed by atoms with Crippen LogP contribution in [0.5, 0.6) is 0 Å². The van der Waals surface area contributed by atoms with E-state index in [4.69, 9.17) is 0 Å². The van der Waals surface area contributed by atoms with Crippen molar-refractivity contribution in [3.05, 3.63) is 0 Å². The summed E-state index contributed by atoms with van der Waals surface area (Å²) >= 11 is 0. The van der Waals surface area contributed by atoms with Gasteiger partial charge in [0.2, 0.25) is 0 Å². The summed E-state index contributed by atoms with van der Waals surface area (Å²) in [5, 5.41) is 0. The van der Waals surface area contributed by atoms with Crippen molar-refractivity contribution in [2.24, 2.45) is 0 Å². The fraction of sp³-hybridized carbons (Fsp3) is 1.00. The van der Waals surface area contributed by atoms with Crippen molar-refractivity contribution in [3.63, 3.8) is 0 Å². The molecule has 3 aliphatic rings. The lowest BCUT2D eigenvalue weighted by Crippen LogP contribution is -2.72. The third kappa shape index (κ3) is 1.17. The van der Waals surface area contributed by atoms with Crippen LogP contribution in [0.3, 0.4) is 0 Å². The van der Waals surface area contributed by atoms with Gasteiger partial charge in [-0.05, 0) is 34.2 Å². The molecule has 0 aliphatic carbocycles. The molecule has 2 nitrogen and oxygen atoms in total. The zero-order valence-corrected chi connectivity index (χ0v) is 8.67. The van der Waals surface area contributed by atoms with Crippen molar-refractivity contribution in [1.82, 2.24) is 9.80 Å². The summed E-state index contributed by atoms with van der Waals surface area (Å²) in [5.74, 6) is 0. The highest BCUT2D eigenvalue weighted by Gasteiger charge is 2.47. The second kappa shape index (κ2) is 2.46. The van der Waals surface area contributed by atoms with E-state index < -0.39 is 0 Å². The van der Waals surface area contributed by atoms with Crippen LogP contribution in [0.25, 0.3) is 0 Å². The fourth-order valence-electron chi connectivity index (χ4n) is 2.92. The van der Waals surface area contributed by atoms with Crippen LogP contribution < -0.4 is 0 Å². The third-order valence-corrected chi connectivity index (χ3v) is 3.15. The Morgan fingerprint density at radius 2 is 1.58 bits per heavy atom. The molecule has 0 radical (unpaired) electrons. The Bertz CT molecular complexity index is 171. The number of hydrogen-bond acceptors (Lipinski definition) is 2. The molecule has 0 aromatic rings. The van der Waals surface area contributed by atoms with Crippen molar-refractivity contribution >= 4 is 0 Å². The highest BCUT2D eigenvalue weighted by molar-refractivity contribution is 5.04. The first-order valence-electron chi connectivity index (χ1n) is 4.95. The van der Waals surface area contributed by atoms with Crippen LogP contribution >= 0.6 is 0 Å². The molecule has 70 valence electrons. The number of rotatable bonds is 0. The average Bonchev–Trinajstić information content (AvgIpc) is 1.81. The summed E-state index contributed by atoms with van der Waals surface area (Å²) in [4.78, 5) is 5.15. The van der Waals surface area contributed by atoms with Gasteiger partial charge < -0.3 is 4.90 Å². The molecule has 3 fully saturated rings. The number of piperidine rings is 1. The van der Waals surface area contributed by atoms with E-state index >= 15 is 0 Å². The average molecular weight is 168 g/mol. The first-order chi connectivity index (χ1) is 5.48. The van der Waals surface area contributed by atoms with Crippen molar-refractivity contribution in [2.45, 2.75) is 44.8 Å². The predicted molar refractivity (Wildman–Crippen MR) is 51.3 cm³/mol. The molecule has 12 heavy (non-hydrogen) atoms. The zero-order chi connectivity index (χ0) is 8.93. The summed E-state index contributed by atoms with van der Waals surface area (Å²) < 4.78 is 0. The quantitative estimate of drug-likeness (QED) is 0.536. The topological polar surface area (TPSA) is 6.48 Å². The van der Waals surface area contributed by atoms with Crippen LogP contribution in [0.1, 0.15) is 27.2 Å². The van der Waals surface area contributed by atoms with Gasteiger partial charge in [0.05, 0.1) is 0 Å². The Balaban J connectivity index is 2.05. The molecule has 2 unspecified atom stereocenters. The number of fused-ring (bicyclic) bond motifs is 2. The van der Waals surface area contributed by atoms with Crippen molar-refractivity contribution in [1.29, 1.82) is 0 Å². The van der Waals surface area contributed by atoms with Gasteiger partial charge in [-0.25, -0.2) is 0 Å². The molecule has 0 saturated carbocycles. The standard InChI is InChI=1S/C10H20N2/c1-10(2,3)12-8-5-9(12)7-11(4)6-8/h8-9H,5-7H2,1-4H3. The van der Waals surface area contributed by atoms with E-state index in [1.807, 2.05) is 0 Å². The van der Waals surface area contributed by atoms with Gasteiger partial charge in [-0.3, -0.25) is 4.90 Å². The lowest BCUT2D eigenvalue weighted by molar-refractivity contribution is -0.113. The smallest absolute Gasteiger partial charge is 0.0247 e. The van der Waals surface area contributed by atoms with Gasteiger partial charge in [0.25, 0.3) is 0 Å². The molecular formula is C10H20N2. The molecule has 3 aliphatic heterocycles. The van der Waals surface area contributed by atoms with Gasteiger partial charge in [-0.1, -0.05) is 0 Å². The van der Waals surface area contributed by atoms with Crippen LogP contribution in [0.4, 0.5) is 0 Å². The van der Waals surface area contributed by atoms with Gasteiger partial charge in [0.15, 0.2) is 0 Å². The minimum atomic E-state index is 0.384. The number of likely N-dealkylation sites (N-methyl/N-ethyl adjacent to an activating group) is 1. The number of piperazine rings is 1. The van der Waals surface area contributed by atoms with Crippen molar-refractivity contribution in [2.75, 3.05) is 20.1 Å². The Kier molecular flexibility index (Phi) is 1.74. The van der Waals surface area contributed by atoms with Gasteiger partial charge in [-0.15, -0.1) is 0 Å². The van der Waals surface area contributed by atoms with E-state index in [9.17, 15) is 0 Å². The molecule has 2 bridgehead atoms. The SMILES string of the molecule is CN1CC2CC(C1)N2C(C)(C)C. The lowest BCUT2D eigenvalue weighted by Gasteiger charge is -2.61. The minimum absolute atomic E-state index is 0.384. The largest absolute Gasteiger partial charge is 0.303 e. The second-order valence-electron chi connectivity index (χ2n) is 5.34. The van der Waals surface area contributed by atoms with Crippen LogP contribution in [-0.2, 0) is 0 Å². The van der Waals surface area contributed by atoms with E-state index in [1.165, 1.54) is 19.5 Å². The monoisotopic (exact) mass is 168 g/mol. The lowest BCUT2D eigenvalue weighted by atomic mass is 9.82. The molecule has 0 amide bonds.